The van der Waals surface area contributed by atoms with Gasteiger partial charge in [0.1, 0.15) is 19.0 Å². The lowest BCUT2D eigenvalue weighted by molar-refractivity contribution is -0.0780. The molecule has 0 aliphatic carbocycles. The van der Waals surface area contributed by atoms with Crippen molar-refractivity contribution in [2.45, 2.75) is 5.60 Å². The lowest BCUT2D eigenvalue weighted by atomic mass is 10.1. The third-order valence-electron chi connectivity index (χ3n) is 1.83. The van der Waals surface area contributed by atoms with Crippen molar-refractivity contribution >= 4 is 23.5 Å². The van der Waals surface area contributed by atoms with Crippen molar-refractivity contribution in [3.8, 4) is 0 Å². The molecule has 128 valence electrons. The van der Waals surface area contributed by atoms with Crippen LogP contribution in [-0.4, -0.2) is 52.2 Å². The zero-order chi connectivity index (χ0) is 16.9. The van der Waals surface area contributed by atoms with Crippen LogP contribution in [0.2, 0.25) is 0 Å². The number of methoxy groups -OCH3 is 1. The minimum atomic E-state index is -5.67. The molecule has 0 aliphatic rings. The van der Waals surface area contributed by atoms with Crippen LogP contribution in [-0.2, 0) is 31.6 Å². The van der Waals surface area contributed by atoms with Gasteiger partial charge >= 0.3 is 23.5 Å². The fraction of sp³-hybridized carbons (Fsp3) is 1.00. The molecular formula is C5H13F2O11P3. The van der Waals surface area contributed by atoms with E-state index in [1.54, 1.807) is 0 Å². The molecule has 2 atom stereocenters. The van der Waals surface area contributed by atoms with Crippen LogP contribution < -0.4 is 0 Å². The summed E-state index contributed by atoms with van der Waals surface area (Å²) in [5, 5.41) is 0. The highest BCUT2D eigenvalue weighted by atomic mass is 31.3. The second kappa shape index (κ2) is 7.67. The molecule has 0 saturated carbocycles. The molecule has 0 saturated heterocycles. The largest absolute Gasteiger partial charge is 0.490 e. The quantitative estimate of drug-likeness (QED) is 0.393. The molecule has 11 nitrogen and oxygen atoms in total. The van der Waals surface area contributed by atoms with Crippen molar-refractivity contribution in [3.63, 3.8) is 0 Å². The van der Waals surface area contributed by atoms with Gasteiger partial charge in [-0.1, -0.05) is 0 Å². The van der Waals surface area contributed by atoms with Crippen molar-refractivity contribution in [1.82, 2.24) is 0 Å². The third-order valence-corrected chi connectivity index (χ3v) is 5.61. The predicted octanol–water partition coefficient (Wildman–Crippen LogP) is 0.654. The third kappa shape index (κ3) is 8.44. The first-order valence-electron chi connectivity index (χ1n) is 4.76. The first-order valence-corrected chi connectivity index (χ1v) is 9.28. The Hall–Kier alpha value is 0.230. The summed E-state index contributed by atoms with van der Waals surface area (Å²) >= 11 is 0. The second-order valence-electron chi connectivity index (χ2n) is 3.52. The molecular weight excluding hydrogens is 367 g/mol. The molecule has 0 aromatic carbocycles. The van der Waals surface area contributed by atoms with E-state index in [9.17, 15) is 22.5 Å². The van der Waals surface area contributed by atoms with Crippen LogP contribution in [0.5, 0.6) is 0 Å². The summed E-state index contributed by atoms with van der Waals surface area (Å²) in [7, 11) is -15.7. The Morgan fingerprint density at radius 3 is 1.76 bits per heavy atom. The Labute approximate surface area is 117 Å². The maximum absolute atomic E-state index is 12.6. The molecule has 21 heavy (non-hydrogen) atoms. The molecule has 2 unspecified atom stereocenters. The number of hydrogen-bond donors (Lipinski definition) is 4. The van der Waals surface area contributed by atoms with Crippen molar-refractivity contribution < 1.29 is 59.9 Å². The summed E-state index contributed by atoms with van der Waals surface area (Å²) in [5.74, 6) is 0. The average Bonchev–Trinajstić information content (AvgIpc) is 2.26. The Morgan fingerprint density at radius 2 is 1.43 bits per heavy atom. The van der Waals surface area contributed by atoms with Gasteiger partial charge in [-0.15, -0.1) is 0 Å². The van der Waals surface area contributed by atoms with Crippen molar-refractivity contribution in [2.75, 3.05) is 27.1 Å². The van der Waals surface area contributed by atoms with Crippen LogP contribution in [0.3, 0.4) is 0 Å². The molecule has 0 bridgehead atoms. The van der Waals surface area contributed by atoms with E-state index >= 15 is 0 Å². The summed E-state index contributed by atoms with van der Waals surface area (Å²) < 4.78 is 72.9. The monoisotopic (exact) mass is 380 g/mol. The topological polar surface area (TPSA) is 169 Å². The second-order valence-corrected chi connectivity index (χ2v) is 7.94. The lowest BCUT2D eigenvalue weighted by Crippen LogP contribution is -2.41. The van der Waals surface area contributed by atoms with Crippen molar-refractivity contribution in [3.05, 3.63) is 0 Å². The molecule has 16 heteroatoms. The summed E-state index contributed by atoms with van der Waals surface area (Å²) in [6.07, 6.45) is 0. The summed E-state index contributed by atoms with van der Waals surface area (Å²) in [6.45, 7) is -4.12. The van der Waals surface area contributed by atoms with E-state index < -0.39 is 49.0 Å². The van der Waals surface area contributed by atoms with Gasteiger partial charge in [0, 0.05) is 7.11 Å². The maximum Gasteiger partial charge on any atom is 0.490 e. The van der Waals surface area contributed by atoms with E-state index in [0.717, 1.165) is 7.11 Å². The lowest BCUT2D eigenvalue weighted by Gasteiger charge is -2.26. The summed E-state index contributed by atoms with van der Waals surface area (Å²) in [6, 6.07) is 0. The van der Waals surface area contributed by atoms with Crippen molar-refractivity contribution in [1.29, 1.82) is 0 Å². The molecule has 0 rings (SSSR count). The predicted molar refractivity (Wildman–Crippen MR) is 61.5 cm³/mol. The van der Waals surface area contributed by atoms with Gasteiger partial charge in [0.15, 0.2) is 0 Å². The molecule has 0 amide bonds. The minimum absolute atomic E-state index is 0.875. The zero-order valence-corrected chi connectivity index (χ0v) is 13.0. The van der Waals surface area contributed by atoms with Crippen LogP contribution >= 0.6 is 23.5 Å². The van der Waals surface area contributed by atoms with E-state index in [1.807, 2.05) is 0 Å². The average molecular weight is 380 g/mol. The number of phosphoric ester groups is 1. The molecule has 0 heterocycles. The van der Waals surface area contributed by atoms with Crippen LogP contribution in [0.25, 0.3) is 0 Å². The Morgan fingerprint density at radius 1 is 0.952 bits per heavy atom. The van der Waals surface area contributed by atoms with E-state index in [2.05, 4.69) is 17.9 Å². The number of rotatable bonds is 10. The normalized spacial score (nSPS) is 19.0. The fourth-order valence-corrected chi connectivity index (χ4v) is 3.88. The van der Waals surface area contributed by atoms with Gasteiger partial charge in [0.05, 0.1) is 6.61 Å². The smallest absolute Gasteiger partial charge is 0.370 e. The van der Waals surface area contributed by atoms with Gasteiger partial charge in [0.2, 0.25) is 0 Å². The van der Waals surface area contributed by atoms with E-state index in [-0.39, 0.29) is 0 Å². The molecule has 0 radical (unpaired) electrons. The highest BCUT2D eigenvalue weighted by molar-refractivity contribution is 7.66. The number of alkyl halides is 2. The summed E-state index contributed by atoms with van der Waals surface area (Å²) in [5.41, 5.74) is -2.24. The van der Waals surface area contributed by atoms with Gasteiger partial charge in [-0.3, -0.25) is 4.52 Å². The Bertz CT molecular complexity index is 464. The van der Waals surface area contributed by atoms with E-state index in [0.29, 0.717) is 0 Å². The van der Waals surface area contributed by atoms with Gasteiger partial charge in [-0.2, -0.15) is 8.62 Å². The van der Waals surface area contributed by atoms with Gasteiger partial charge in [0.25, 0.3) is 0 Å². The first kappa shape index (κ1) is 21.2. The molecule has 0 aromatic rings. The van der Waals surface area contributed by atoms with Crippen LogP contribution in [0.15, 0.2) is 0 Å². The van der Waals surface area contributed by atoms with Gasteiger partial charge in [-0.05, 0) is 0 Å². The number of ether oxygens (including phenoxy) is 1. The van der Waals surface area contributed by atoms with Crippen molar-refractivity contribution in [2.24, 2.45) is 0 Å². The van der Waals surface area contributed by atoms with Crippen LogP contribution in [0.1, 0.15) is 0 Å². The summed E-state index contributed by atoms with van der Waals surface area (Å²) in [4.78, 5) is 34.4. The molecule has 0 spiro atoms. The standard InChI is InChI=1S/C5H13F2O11P3/c1-15-5(2-6,3-7)4-16-20(11,12)18-21(13,14)17-19(8,9)10/h2-4H2,1H3,(H,11,12)(H,13,14)(H2,8,9,10). The highest BCUT2D eigenvalue weighted by Crippen LogP contribution is 2.66. The number of phosphoric acid groups is 3. The maximum atomic E-state index is 12.6. The van der Waals surface area contributed by atoms with Gasteiger partial charge < -0.3 is 24.3 Å². The minimum Gasteiger partial charge on any atom is -0.370 e. The van der Waals surface area contributed by atoms with Crippen LogP contribution in [0.4, 0.5) is 8.78 Å². The highest BCUT2D eigenvalue weighted by Gasteiger charge is 2.42. The van der Waals surface area contributed by atoms with E-state index in [1.165, 1.54) is 0 Å². The first-order chi connectivity index (χ1) is 9.30. The van der Waals surface area contributed by atoms with Gasteiger partial charge in [-0.25, -0.2) is 22.5 Å². The molecule has 0 aromatic heterocycles. The van der Waals surface area contributed by atoms with Crippen LogP contribution in [0, 0.1) is 0 Å². The Kier molecular flexibility index (Phi) is 7.75. The number of halogens is 2. The molecule has 0 aliphatic heterocycles. The molecule has 0 fully saturated rings. The molecule has 4 N–H and O–H groups in total. The SMILES string of the molecule is COC(CF)(CF)COP(=O)(O)OP(=O)(O)OP(=O)(O)O. The zero-order valence-electron chi connectivity index (χ0n) is 10.4. The Balaban J connectivity index is 4.82. The number of hydrogen-bond acceptors (Lipinski definition) is 7. The fourth-order valence-electron chi connectivity index (χ4n) is 0.783. The van der Waals surface area contributed by atoms with E-state index in [4.69, 9.17) is 19.6 Å².